The van der Waals surface area contributed by atoms with Gasteiger partial charge in [0.15, 0.2) is 17.2 Å². The molecule has 0 atom stereocenters. The molecule has 0 bridgehead atoms. The van der Waals surface area contributed by atoms with Crippen LogP contribution in [0.1, 0.15) is 12.8 Å². The summed E-state index contributed by atoms with van der Waals surface area (Å²) < 4.78 is 33.5. The monoisotopic (exact) mass is 449 g/mol. The molecular weight excluding hydrogens is 428 g/mol. The maximum atomic E-state index is 14.1. The van der Waals surface area contributed by atoms with Gasteiger partial charge >= 0.3 is 6.03 Å². The molecule has 0 radical (unpaired) electrons. The van der Waals surface area contributed by atoms with E-state index in [1.807, 2.05) is 12.1 Å². The van der Waals surface area contributed by atoms with Crippen molar-refractivity contribution in [1.82, 2.24) is 9.88 Å². The molecule has 0 saturated carbocycles. The molecule has 4 aromatic rings. The molecule has 0 aliphatic carbocycles. The van der Waals surface area contributed by atoms with Gasteiger partial charge in [0.2, 0.25) is 5.88 Å². The van der Waals surface area contributed by atoms with Crippen LogP contribution in [0.25, 0.3) is 22.2 Å². The third-order valence-corrected chi connectivity index (χ3v) is 5.65. The van der Waals surface area contributed by atoms with Crippen LogP contribution >= 0.6 is 0 Å². The van der Waals surface area contributed by atoms with Gasteiger partial charge in [-0.2, -0.15) is 0 Å². The number of nitrogens with zero attached hydrogens (tertiary/aromatic N) is 2. The van der Waals surface area contributed by atoms with Gasteiger partial charge in [-0.05, 0) is 43.2 Å². The Kier molecular flexibility index (Phi) is 5.29. The van der Waals surface area contributed by atoms with Crippen molar-refractivity contribution in [2.75, 3.05) is 29.5 Å². The molecular formula is C24H21F2N5O2. The van der Waals surface area contributed by atoms with Crippen molar-refractivity contribution in [2.24, 2.45) is 0 Å². The molecule has 0 spiro atoms. The van der Waals surface area contributed by atoms with Gasteiger partial charge in [0.25, 0.3) is 0 Å². The van der Waals surface area contributed by atoms with Crippen molar-refractivity contribution in [1.29, 1.82) is 0 Å². The van der Waals surface area contributed by atoms with Gasteiger partial charge in [-0.3, -0.25) is 4.98 Å². The largest absolute Gasteiger partial charge is 0.436 e. The summed E-state index contributed by atoms with van der Waals surface area (Å²) in [5.41, 5.74) is 8.68. The first-order valence-corrected chi connectivity index (χ1v) is 10.6. The van der Waals surface area contributed by atoms with Gasteiger partial charge in [0.05, 0.1) is 11.1 Å². The first-order chi connectivity index (χ1) is 16.0. The van der Waals surface area contributed by atoms with Gasteiger partial charge in [-0.15, -0.1) is 0 Å². The predicted molar refractivity (Wildman–Crippen MR) is 123 cm³/mol. The lowest BCUT2D eigenvalue weighted by Gasteiger charge is -2.16. The van der Waals surface area contributed by atoms with Crippen molar-refractivity contribution < 1.29 is 18.0 Å². The van der Waals surface area contributed by atoms with Crippen LogP contribution in [0.15, 0.2) is 59.1 Å². The number of carbonyl (C=O) groups is 1. The van der Waals surface area contributed by atoms with E-state index in [1.165, 1.54) is 12.1 Å². The van der Waals surface area contributed by atoms with Crippen LogP contribution in [0.3, 0.4) is 0 Å². The SMILES string of the molecule is Nc1oc2c(-c3ccc(NC(=O)N4CCCC4)cc3)nccc2c1Nc1cccc(F)c1F. The summed E-state index contributed by atoms with van der Waals surface area (Å²) in [5, 5.41) is 6.30. The van der Waals surface area contributed by atoms with Crippen LogP contribution in [-0.4, -0.2) is 29.0 Å². The fourth-order valence-corrected chi connectivity index (χ4v) is 3.95. The minimum Gasteiger partial charge on any atom is -0.436 e. The standard InChI is InChI=1S/C24H21F2N5O2/c25-17-4-3-5-18(19(17)26)30-21-16-10-11-28-20(22(16)33-23(21)27)14-6-8-15(9-7-14)29-24(32)31-12-1-2-13-31/h3-11,30H,1-2,12-13,27H2,(H,29,32). The highest BCUT2D eigenvalue weighted by atomic mass is 19.2. The lowest BCUT2D eigenvalue weighted by molar-refractivity contribution is 0.222. The molecule has 1 aliphatic heterocycles. The molecule has 5 rings (SSSR count). The average Bonchev–Trinajstić information content (AvgIpc) is 3.46. The highest BCUT2D eigenvalue weighted by Crippen LogP contribution is 2.39. The number of carbonyl (C=O) groups excluding carboxylic acids is 1. The summed E-state index contributed by atoms with van der Waals surface area (Å²) in [5.74, 6) is -1.95. The van der Waals surface area contributed by atoms with Gasteiger partial charge in [-0.25, -0.2) is 13.6 Å². The topological polar surface area (TPSA) is 96.4 Å². The van der Waals surface area contributed by atoms with Gasteiger partial charge in [-0.1, -0.05) is 18.2 Å². The summed E-state index contributed by atoms with van der Waals surface area (Å²) in [4.78, 5) is 18.5. The number of nitrogens with one attached hydrogen (secondary N) is 2. The summed E-state index contributed by atoms with van der Waals surface area (Å²) in [6, 6.07) is 12.6. The lowest BCUT2D eigenvalue weighted by atomic mass is 10.1. The summed E-state index contributed by atoms with van der Waals surface area (Å²) in [6.07, 6.45) is 3.64. The molecule has 2 aromatic carbocycles. The highest BCUT2D eigenvalue weighted by Gasteiger charge is 2.20. The van der Waals surface area contributed by atoms with Crippen LogP contribution in [0.2, 0.25) is 0 Å². The quantitative estimate of drug-likeness (QED) is 0.370. The number of halogens is 2. The maximum absolute atomic E-state index is 14.1. The number of nitrogens with two attached hydrogens (primary N) is 1. The van der Waals surface area contributed by atoms with E-state index < -0.39 is 11.6 Å². The zero-order valence-corrected chi connectivity index (χ0v) is 17.6. The fraction of sp³-hybridized carbons (Fsp3) is 0.167. The number of furan rings is 1. The van der Waals surface area contributed by atoms with Crippen LogP contribution in [0, 0.1) is 11.6 Å². The number of urea groups is 1. The van der Waals surface area contributed by atoms with Crippen molar-refractivity contribution >= 4 is 39.9 Å². The number of amides is 2. The molecule has 168 valence electrons. The Bertz CT molecular complexity index is 1330. The molecule has 2 aromatic heterocycles. The molecule has 9 heteroatoms. The number of aromatic nitrogens is 1. The van der Waals surface area contributed by atoms with Crippen LogP contribution in [0.4, 0.5) is 36.5 Å². The van der Waals surface area contributed by atoms with Crippen molar-refractivity contribution in [2.45, 2.75) is 12.8 Å². The second kappa shape index (κ2) is 8.42. The second-order valence-electron chi connectivity index (χ2n) is 7.81. The summed E-state index contributed by atoms with van der Waals surface area (Å²) in [7, 11) is 0. The van der Waals surface area contributed by atoms with E-state index in [9.17, 15) is 13.6 Å². The van der Waals surface area contributed by atoms with E-state index in [4.69, 9.17) is 10.2 Å². The third kappa shape index (κ3) is 3.93. The zero-order valence-electron chi connectivity index (χ0n) is 17.6. The lowest BCUT2D eigenvalue weighted by Crippen LogP contribution is -2.32. The van der Waals surface area contributed by atoms with Crippen molar-refractivity contribution in [3.63, 3.8) is 0 Å². The number of nitrogen functional groups attached to an aromatic ring is 1. The first kappa shape index (κ1) is 20.7. The minimum absolute atomic E-state index is 0.0254. The minimum atomic E-state index is -1.01. The van der Waals surface area contributed by atoms with Crippen molar-refractivity contribution in [3.8, 4) is 11.3 Å². The molecule has 1 saturated heterocycles. The number of hydrogen-bond donors (Lipinski definition) is 3. The Morgan fingerprint density at radius 2 is 1.82 bits per heavy atom. The Balaban J connectivity index is 1.44. The molecule has 33 heavy (non-hydrogen) atoms. The Morgan fingerprint density at radius 3 is 2.58 bits per heavy atom. The van der Waals surface area contributed by atoms with E-state index in [2.05, 4.69) is 15.6 Å². The molecule has 1 aliphatic rings. The number of hydrogen-bond acceptors (Lipinski definition) is 5. The van der Waals surface area contributed by atoms with E-state index in [1.54, 1.807) is 29.3 Å². The smallest absolute Gasteiger partial charge is 0.321 e. The first-order valence-electron chi connectivity index (χ1n) is 10.6. The Labute approximate surface area is 188 Å². The van der Waals surface area contributed by atoms with Crippen LogP contribution in [-0.2, 0) is 0 Å². The number of rotatable bonds is 4. The van der Waals surface area contributed by atoms with Gasteiger partial charge in [0, 0.05) is 30.5 Å². The fourth-order valence-electron chi connectivity index (χ4n) is 3.95. The predicted octanol–water partition coefficient (Wildman–Crippen LogP) is 5.73. The van der Waals surface area contributed by atoms with E-state index in [-0.39, 0.29) is 17.6 Å². The zero-order chi connectivity index (χ0) is 22.9. The molecule has 0 unspecified atom stereocenters. The van der Waals surface area contributed by atoms with E-state index in [0.29, 0.717) is 28.0 Å². The normalized spacial score (nSPS) is 13.5. The second-order valence-corrected chi connectivity index (χ2v) is 7.81. The molecule has 4 N–H and O–H groups in total. The summed E-state index contributed by atoms with van der Waals surface area (Å²) >= 11 is 0. The number of benzene rings is 2. The molecule has 7 nitrogen and oxygen atoms in total. The number of likely N-dealkylation sites (tertiary alicyclic amines) is 1. The maximum Gasteiger partial charge on any atom is 0.321 e. The average molecular weight is 449 g/mol. The number of anilines is 4. The number of pyridine rings is 1. The Morgan fingerprint density at radius 1 is 1.06 bits per heavy atom. The molecule has 2 amide bonds. The summed E-state index contributed by atoms with van der Waals surface area (Å²) in [6.45, 7) is 1.54. The Hall–Kier alpha value is -4.14. The third-order valence-electron chi connectivity index (χ3n) is 5.65. The molecule has 1 fully saturated rings. The van der Waals surface area contributed by atoms with Gasteiger partial charge < -0.3 is 25.7 Å². The number of fused-ring (bicyclic) bond motifs is 1. The van der Waals surface area contributed by atoms with Gasteiger partial charge in [0.1, 0.15) is 11.4 Å². The highest BCUT2D eigenvalue weighted by molar-refractivity contribution is 6.03. The van der Waals surface area contributed by atoms with Crippen molar-refractivity contribution in [3.05, 3.63) is 66.4 Å². The molecule has 3 heterocycles. The van der Waals surface area contributed by atoms with E-state index in [0.717, 1.165) is 37.6 Å². The van der Waals surface area contributed by atoms with Crippen LogP contribution in [0.5, 0.6) is 0 Å². The van der Waals surface area contributed by atoms with E-state index >= 15 is 0 Å². The van der Waals surface area contributed by atoms with Crippen LogP contribution < -0.4 is 16.4 Å².